The summed E-state index contributed by atoms with van der Waals surface area (Å²) in [6, 6.07) is 10.6. The topological polar surface area (TPSA) is 125 Å². The molecule has 0 saturated heterocycles. The minimum Gasteiger partial charge on any atom is -0.507 e. The summed E-state index contributed by atoms with van der Waals surface area (Å²) in [6.45, 7) is 2.34. The lowest BCUT2D eigenvalue weighted by atomic mass is 10.2. The number of rotatable bonds is 7. The van der Waals surface area contributed by atoms with E-state index in [9.17, 15) is 23.1 Å². The minimum absolute atomic E-state index is 0.0969. The van der Waals surface area contributed by atoms with Crippen molar-refractivity contribution < 1.29 is 23.1 Å². The maximum Gasteiger partial charge on any atom is 0.328 e. The molecule has 0 aliphatic rings. The molecule has 9 heteroatoms. The highest BCUT2D eigenvalue weighted by atomic mass is 32.2. The van der Waals surface area contributed by atoms with Gasteiger partial charge in [-0.2, -0.15) is 0 Å². The Morgan fingerprint density at radius 3 is 2.33 bits per heavy atom. The second kappa shape index (κ2) is 9.04. The highest BCUT2D eigenvalue weighted by Crippen LogP contribution is 2.19. The van der Waals surface area contributed by atoms with Crippen molar-refractivity contribution in [2.24, 2.45) is 0 Å². The standard InChI is InChI=1S/C18H21N3O5S/c1-2-3-12-19-18(24)21-27(25,26)14-10-8-13(9-11-14)20-17(23)15-6-4-5-7-16(15)22/h4-11,22H,2-3,12H2,1H3,(H,20,23)(H2,19,21,24). The second-order valence-corrected chi connectivity index (χ2v) is 7.39. The van der Waals surface area contributed by atoms with Gasteiger partial charge in [-0.3, -0.25) is 4.79 Å². The van der Waals surface area contributed by atoms with E-state index in [1.807, 2.05) is 11.6 Å². The highest BCUT2D eigenvalue weighted by Gasteiger charge is 2.17. The van der Waals surface area contributed by atoms with Gasteiger partial charge in [-0.25, -0.2) is 17.9 Å². The van der Waals surface area contributed by atoms with E-state index >= 15 is 0 Å². The Morgan fingerprint density at radius 2 is 1.70 bits per heavy atom. The molecule has 0 fully saturated rings. The molecule has 2 aromatic carbocycles. The van der Waals surface area contributed by atoms with Gasteiger partial charge in [-0.05, 0) is 42.8 Å². The number of urea groups is 1. The number of carbonyl (C=O) groups excluding carboxylic acids is 2. The molecule has 0 saturated carbocycles. The Morgan fingerprint density at radius 1 is 1.04 bits per heavy atom. The number of anilines is 1. The number of para-hydroxylation sites is 1. The smallest absolute Gasteiger partial charge is 0.328 e. The molecule has 0 aliphatic heterocycles. The summed E-state index contributed by atoms with van der Waals surface area (Å²) < 4.78 is 26.3. The zero-order valence-electron chi connectivity index (χ0n) is 14.7. The summed E-state index contributed by atoms with van der Waals surface area (Å²) in [4.78, 5) is 23.6. The molecule has 0 spiro atoms. The van der Waals surface area contributed by atoms with Crippen molar-refractivity contribution in [3.8, 4) is 5.75 Å². The van der Waals surface area contributed by atoms with Crippen LogP contribution >= 0.6 is 0 Å². The lowest BCUT2D eigenvalue weighted by Crippen LogP contribution is -2.39. The number of nitrogens with one attached hydrogen (secondary N) is 3. The Kier molecular flexibility index (Phi) is 6.78. The lowest BCUT2D eigenvalue weighted by molar-refractivity contribution is 0.102. The molecule has 0 unspecified atom stereocenters. The van der Waals surface area contributed by atoms with Gasteiger partial charge in [-0.1, -0.05) is 25.5 Å². The fraction of sp³-hybridized carbons (Fsp3) is 0.222. The SMILES string of the molecule is CCCCNC(=O)NS(=O)(=O)c1ccc(NC(=O)c2ccccc2O)cc1. The van der Waals surface area contributed by atoms with Crippen LogP contribution < -0.4 is 15.4 Å². The number of phenolic OH excluding ortho intramolecular Hbond substituents is 1. The Labute approximate surface area is 157 Å². The van der Waals surface area contributed by atoms with Crippen molar-refractivity contribution in [1.82, 2.24) is 10.0 Å². The van der Waals surface area contributed by atoms with E-state index in [2.05, 4.69) is 10.6 Å². The van der Waals surface area contributed by atoms with Crippen LogP contribution in [0.15, 0.2) is 53.4 Å². The largest absolute Gasteiger partial charge is 0.507 e. The second-order valence-electron chi connectivity index (χ2n) is 5.71. The molecule has 0 atom stereocenters. The van der Waals surface area contributed by atoms with E-state index < -0.39 is 22.0 Å². The van der Waals surface area contributed by atoms with Crippen LogP contribution in [0.25, 0.3) is 0 Å². The third-order valence-electron chi connectivity index (χ3n) is 3.61. The van der Waals surface area contributed by atoms with Gasteiger partial charge in [0, 0.05) is 12.2 Å². The van der Waals surface area contributed by atoms with Crippen molar-refractivity contribution in [2.75, 3.05) is 11.9 Å². The summed E-state index contributed by atoms with van der Waals surface area (Å²) in [5.74, 6) is -0.690. The molecule has 144 valence electrons. The minimum atomic E-state index is -4.02. The average molecular weight is 391 g/mol. The number of phenols is 1. The van der Waals surface area contributed by atoms with E-state index in [0.29, 0.717) is 12.2 Å². The number of hydrogen-bond acceptors (Lipinski definition) is 5. The van der Waals surface area contributed by atoms with E-state index in [1.54, 1.807) is 12.1 Å². The van der Waals surface area contributed by atoms with E-state index in [0.717, 1.165) is 12.8 Å². The summed E-state index contributed by atoms with van der Waals surface area (Å²) in [5.41, 5.74) is 0.439. The number of sulfonamides is 1. The van der Waals surface area contributed by atoms with Gasteiger partial charge < -0.3 is 15.7 Å². The van der Waals surface area contributed by atoms with Crippen molar-refractivity contribution in [2.45, 2.75) is 24.7 Å². The van der Waals surface area contributed by atoms with Crippen LogP contribution in [-0.4, -0.2) is 32.0 Å². The van der Waals surface area contributed by atoms with Crippen molar-refractivity contribution in [1.29, 1.82) is 0 Å². The number of unbranched alkanes of at least 4 members (excludes halogenated alkanes) is 1. The van der Waals surface area contributed by atoms with Gasteiger partial charge >= 0.3 is 6.03 Å². The van der Waals surface area contributed by atoms with Crippen LogP contribution in [-0.2, 0) is 10.0 Å². The Bertz CT molecular complexity index is 911. The predicted molar refractivity (Wildman–Crippen MR) is 101 cm³/mol. The first-order chi connectivity index (χ1) is 12.8. The van der Waals surface area contributed by atoms with E-state index in [-0.39, 0.29) is 16.2 Å². The van der Waals surface area contributed by atoms with Gasteiger partial charge in [0.15, 0.2) is 0 Å². The predicted octanol–water partition coefficient (Wildman–Crippen LogP) is 2.43. The van der Waals surface area contributed by atoms with Gasteiger partial charge in [-0.15, -0.1) is 0 Å². The zero-order valence-corrected chi connectivity index (χ0v) is 15.5. The maximum atomic E-state index is 12.2. The van der Waals surface area contributed by atoms with Gasteiger partial charge in [0.05, 0.1) is 10.5 Å². The summed E-state index contributed by atoms with van der Waals surface area (Å²) in [6.07, 6.45) is 1.62. The third-order valence-corrected chi connectivity index (χ3v) is 4.96. The number of benzene rings is 2. The number of amides is 3. The Balaban J connectivity index is 2.02. The summed E-state index contributed by atoms with van der Waals surface area (Å²) in [7, 11) is -4.02. The Hall–Kier alpha value is -3.07. The number of aromatic hydroxyl groups is 1. The van der Waals surface area contributed by atoms with Crippen LogP contribution in [0.4, 0.5) is 10.5 Å². The first kappa shape index (κ1) is 20.2. The molecule has 0 aromatic heterocycles. The highest BCUT2D eigenvalue weighted by molar-refractivity contribution is 7.90. The molecule has 2 aromatic rings. The quantitative estimate of drug-likeness (QED) is 0.540. The number of carbonyl (C=O) groups is 2. The molecule has 2 rings (SSSR count). The molecule has 0 bridgehead atoms. The summed E-state index contributed by atoms with van der Waals surface area (Å²) in [5, 5.41) is 14.7. The number of hydrogen-bond donors (Lipinski definition) is 4. The van der Waals surface area contributed by atoms with Gasteiger partial charge in [0.1, 0.15) is 5.75 Å². The van der Waals surface area contributed by atoms with E-state index in [4.69, 9.17) is 0 Å². The van der Waals surface area contributed by atoms with Gasteiger partial charge in [0.25, 0.3) is 15.9 Å². The fourth-order valence-corrected chi connectivity index (χ4v) is 3.11. The maximum absolute atomic E-state index is 12.2. The van der Waals surface area contributed by atoms with Crippen LogP contribution in [0.1, 0.15) is 30.1 Å². The lowest BCUT2D eigenvalue weighted by Gasteiger charge is -2.10. The van der Waals surface area contributed by atoms with Crippen LogP contribution in [0.2, 0.25) is 0 Å². The first-order valence-electron chi connectivity index (χ1n) is 8.33. The normalized spacial score (nSPS) is 10.9. The van der Waals surface area contributed by atoms with Crippen molar-refractivity contribution in [3.63, 3.8) is 0 Å². The zero-order chi connectivity index (χ0) is 19.9. The fourth-order valence-electron chi connectivity index (χ4n) is 2.18. The molecule has 4 N–H and O–H groups in total. The van der Waals surface area contributed by atoms with E-state index in [1.165, 1.54) is 36.4 Å². The molecule has 0 aliphatic carbocycles. The first-order valence-corrected chi connectivity index (χ1v) is 9.82. The van der Waals surface area contributed by atoms with Crippen LogP contribution in [0.5, 0.6) is 5.75 Å². The molecule has 27 heavy (non-hydrogen) atoms. The molecular formula is C18H21N3O5S. The summed E-state index contributed by atoms with van der Waals surface area (Å²) >= 11 is 0. The molecular weight excluding hydrogens is 370 g/mol. The third kappa shape index (κ3) is 5.71. The molecule has 0 radical (unpaired) electrons. The van der Waals surface area contributed by atoms with Crippen molar-refractivity contribution in [3.05, 3.63) is 54.1 Å². The molecule has 0 heterocycles. The molecule has 8 nitrogen and oxygen atoms in total. The van der Waals surface area contributed by atoms with Gasteiger partial charge in [0.2, 0.25) is 0 Å². The van der Waals surface area contributed by atoms with Crippen LogP contribution in [0.3, 0.4) is 0 Å². The average Bonchev–Trinajstić information content (AvgIpc) is 2.62. The van der Waals surface area contributed by atoms with Crippen molar-refractivity contribution >= 4 is 27.6 Å². The molecule has 3 amide bonds. The van der Waals surface area contributed by atoms with Crippen LogP contribution in [0, 0.1) is 0 Å². The monoisotopic (exact) mass is 391 g/mol.